The third-order valence-corrected chi connectivity index (χ3v) is 5.34. The third-order valence-electron chi connectivity index (χ3n) is 2.64. The molecule has 1 atom stereocenters. The molecule has 0 radical (unpaired) electrons. The minimum Gasteiger partial charge on any atom is -0.399 e. The Hall–Kier alpha value is -1.73. The standard InChI is InChI=1S/C12H12N4OS2/c1-16-6-8(5-14-16)7-19(17)12-15-10-3-2-9(13)4-11(10)18-12/h2-6H,7,13H2,1H3. The van der Waals surface area contributed by atoms with E-state index >= 15 is 0 Å². The van der Waals surface area contributed by atoms with Gasteiger partial charge in [0.25, 0.3) is 0 Å². The molecule has 0 saturated carbocycles. The van der Waals surface area contributed by atoms with Gasteiger partial charge in [0.05, 0.1) is 33.0 Å². The molecule has 3 aromatic rings. The number of anilines is 1. The van der Waals surface area contributed by atoms with Crippen molar-refractivity contribution < 1.29 is 4.21 Å². The molecule has 1 aromatic carbocycles. The van der Waals surface area contributed by atoms with Crippen molar-refractivity contribution in [2.24, 2.45) is 7.05 Å². The fraction of sp³-hybridized carbons (Fsp3) is 0.167. The summed E-state index contributed by atoms with van der Waals surface area (Å²) < 4.78 is 15.6. The van der Waals surface area contributed by atoms with E-state index in [2.05, 4.69) is 10.1 Å². The van der Waals surface area contributed by atoms with Gasteiger partial charge < -0.3 is 5.73 Å². The molecule has 0 amide bonds. The Kier molecular flexibility index (Phi) is 3.08. The van der Waals surface area contributed by atoms with E-state index < -0.39 is 10.8 Å². The number of thiazole rings is 1. The van der Waals surface area contributed by atoms with Crippen molar-refractivity contribution in [3.05, 3.63) is 36.2 Å². The summed E-state index contributed by atoms with van der Waals surface area (Å²) in [5, 5.41) is 4.07. The molecular formula is C12H12N4OS2. The van der Waals surface area contributed by atoms with Crippen LogP contribution in [0.15, 0.2) is 34.9 Å². The molecule has 0 spiro atoms. The van der Waals surface area contributed by atoms with E-state index in [0.717, 1.165) is 15.8 Å². The summed E-state index contributed by atoms with van der Waals surface area (Å²) in [7, 11) is 0.693. The Balaban J connectivity index is 1.89. The summed E-state index contributed by atoms with van der Waals surface area (Å²) in [6.07, 6.45) is 3.59. The van der Waals surface area contributed by atoms with Crippen molar-refractivity contribution >= 4 is 38.0 Å². The molecule has 0 aliphatic heterocycles. The molecule has 1 unspecified atom stereocenters. The number of nitrogens with zero attached hydrogens (tertiary/aromatic N) is 3. The van der Waals surface area contributed by atoms with E-state index in [9.17, 15) is 4.21 Å². The Morgan fingerprint density at radius 1 is 1.47 bits per heavy atom. The van der Waals surface area contributed by atoms with Crippen LogP contribution in [0.25, 0.3) is 10.2 Å². The third kappa shape index (κ3) is 2.52. The number of nitrogens with two attached hydrogens (primary N) is 1. The molecule has 0 aliphatic carbocycles. The summed E-state index contributed by atoms with van der Waals surface area (Å²) in [5.74, 6) is 0.434. The van der Waals surface area contributed by atoms with E-state index in [1.165, 1.54) is 11.3 Å². The van der Waals surface area contributed by atoms with Gasteiger partial charge >= 0.3 is 0 Å². The quantitative estimate of drug-likeness (QED) is 0.748. The average molecular weight is 292 g/mol. The molecule has 2 heterocycles. The first-order valence-corrected chi connectivity index (χ1v) is 7.77. The summed E-state index contributed by atoms with van der Waals surface area (Å²) >= 11 is 1.43. The number of nitrogen functional groups attached to an aromatic ring is 1. The topological polar surface area (TPSA) is 73.8 Å². The Labute approximate surface area is 116 Å². The fourth-order valence-corrected chi connectivity index (χ4v) is 4.12. The highest BCUT2D eigenvalue weighted by Gasteiger charge is 2.12. The maximum atomic E-state index is 12.3. The van der Waals surface area contributed by atoms with Gasteiger partial charge in [-0.15, -0.1) is 11.3 Å². The largest absolute Gasteiger partial charge is 0.399 e. The first kappa shape index (κ1) is 12.3. The van der Waals surface area contributed by atoms with Gasteiger partial charge in [-0.2, -0.15) is 5.10 Å². The molecular weight excluding hydrogens is 280 g/mol. The van der Waals surface area contributed by atoms with E-state index in [4.69, 9.17) is 5.73 Å². The van der Waals surface area contributed by atoms with E-state index in [1.54, 1.807) is 16.9 Å². The van der Waals surface area contributed by atoms with Crippen LogP contribution in [0.1, 0.15) is 5.56 Å². The van der Waals surface area contributed by atoms with Crippen molar-refractivity contribution in [3.63, 3.8) is 0 Å². The maximum absolute atomic E-state index is 12.3. The molecule has 2 aromatic heterocycles. The van der Waals surface area contributed by atoms with Crippen molar-refractivity contribution in [2.45, 2.75) is 10.1 Å². The minimum atomic E-state index is -1.15. The van der Waals surface area contributed by atoms with Crippen molar-refractivity contribution in [3.8, 4) is 0 Å². The number of fused-ring (bicyclic) bond motifs is 1. The molecule has 0 fully saturated rings. The van der Waals surface area contributed by atoms with Crippen LogP contribution < -0.4 is 5.73 Å². The lowest BCUT2D eigenvalue weighted by atomic mass is 10.3. The fourth-order valence-electron chi connectivity index (χ4n) is 1.78. The van der Waals surface area contributed by atoms with Gasteiger partial charge in [-0.25, -0.2) is 4.98 Å². The molecule has 2 N–H and O–H groups in total. The number of rotatable bonds is 3. The summed E-state index contributed by atoms with van der Waals surface area (Å²) in [4.78, 5) is 4.39. The highest BCUT2D eigenvalue weighted by Crippen LogP contribution is 2.27. The van der Waals surface area contributed by atoms with Crippen LogP contribution in [0.4, 0.5) is 5.69 Å². The Morgan fingerprint density at radius 3 is 3.05 bits per heavy atom. The zero-order chi connectivity index (χ0) is 13.4. The van der Waals surface area contributed by atoms with Crippen molar-refractivity contribution in [1.29, 1.82) is 0 Å². The highest BCUT2D eigenvalue weighted by atomic mass is 32.2. The predicted molar refractivity (Wildman–Crippen MR) is 77.4 cm³/mol. The van der Waals surface area contributed by atoms with Gasteiger partial charge in [-0.1, -0.05) is 0 Å². The van der Waals surface area contributed by atoms with Crippen LogP contribution in [0, 0.1) is 0 Å². The molecule has 0 aliphatic rings. The van der Waals surface area contributed by atoms with Crippen LogP contribution in [0.2, 0.25) is 0 Å². The number of aryl methyl sites for hydroxylation is 1. The van der Waals surface area contributed by atoms with Crippen LogP contribution >= 0.6 is 11.3 Å². The lowest BCUT2D eigenvalue weighted by Gasteiger charge is -1.93. The van der Waals surface area contributed by atoms with Crippen LogP contribution in [-0.4, -0.2) is 19.0 Å². The lowest BCUT2D eigenvalue weighted by Crippen LogP contribution is -1.94. The van der Waals surface area contributed by atoms with Gasteiger partial charge in [0.2, 0.25) is 0 Å². The van der Waals surface area contributed by atoms with Crippen molar-refractivity contribution in [1.82, 2.24) is 14.8 Å². The average Bonchev–Trinajstić information content (AvgIpc) is 2.95. The molecule has 3 rings (SSSR count). The lowest BCUT2D eigenvalue weighted by molar-refractivity contribution is 0.682. The molecule has 7 heteroatoms. The monoisotopic (exact) mass is 292 g/mol. The van der Waals surface area contributed by atoms with Gasteiger partial charge in [-0.3, -0.25) is 8.89 Å². The number of benzene rings is 1. The van der Waals surface area contributed by atoms with Crippen molar-refractivity contribution in [2.75, 3.05) is 5.73 Å². The van der Waals surface area contributed by atoms with Gasteiger partial charge in [-0.05, 0) is 18.2 Å². The van der Waals surface area contributed by atoms with Gasteiger partial charge in [0.1, 0.15) is 0 Å². The van der Waals surface area contributed by atoms with Crippen LogP contribution in [0.3, 0.4) is 0 Å². The summed E-state index contributed by atoms with van der Waals surface area (Å²) in [5.41, 5.74) is 8.21. The summed E-state index contributed by atoms with van der Waals surface area (Å²) in [6.45, 7) is 0. The Bertz CT molecular complexity index is 762. The number of hydrogen-bond donors (Lipinski definition) is 1. The first-order chi connectivity index (χ1) is 9.11. The molecule has 19 heavy (non-hydrogen) atoms. The van der Waals surface area contributed by atoms with E-state index in [-0.39, 0.29) is 0 Å². The second kappa shape index (κ2) is 4.75. The molecule has 98 valence electrons. The molecule has 5 nitrogen and oxygen atoms in total. The Morgan fingerprint density at radius 2 is 2.32 bits per heavy atom. The second-order valence-electron chi connectivity index (χ2n) is 4.22. The highest BCUT2D eigenvalue weighted by molar-refractivity contribution is 7.86. The van der Waals surface area contributed by atoms with E-state index in [0.29, 0.717) is 15.8 Å². The zero-order valence-corrected chi connectivity index (χ0v) is 11.9. The van der Waals surface area contributed by atoms with Crippen LogP contribution in [0.5, 0.6) is 0 Å². The number of hydrogen-bond acceptors (Lipinski definition) is 5. The van der Waals surface area contributed by atoms with Gasteiger partial charge in [0, 0.05) is 24.5 Å². The van der Waals surface area contributed by atoms with Crippen LogP contribution in [-0.2, 0) is 23.6 Å². The zero-order valence-electron chi connectivity index (χ0n) is 10.2. The second-order valence-corrected chi connectivity index (χ2v) is 6.87. The summed E-state index contributed by atoms with van der Waals surface area (Å²) in [6, 6.07) is 5.51. The normalized spacial score (nSPS) is 12.9. The minimum absolute atomic E-state index is 0.434. The first-order valence-electron chi connectivity index (χ1n) is 5.64. The van der Waals surface area contributed by atoms with Gasteiger partial charge in [0.15, 0.2) is 4.34 Å². The number of aromatic nitrogens is 3. The smallest absolute Gasteiger partial charge is 0.182 e. The predicted octanol–water partition coefficient (Wildman–Crippen LogP) is 1.92. The maximum Gasteiger partial charge on any atom is 0.182 e. The molecule has 0 saturated heterocycles. The molecule has 0 bridgehead atoms. The SMILES string of the molecule is Cn1cc(CS(=O)c2nc3ccc(N)cc3s2)cn1. The van der Waals surface area contributed by atoms with E-state index in [1.807, 2.05) is 25.4 Å².